The molecule has 1 saturated heterocycles. The highest BCUT2D eigenvalue weighted by atomic mass is 32.2. The number of rotatable bonds is 7. The fourth-order valence-electron chi connectivity index (χ4n) is 5.31. The van der Waals surface area contributed by atoms with E-state index in [0.29, 0.717) is 38.3 Å². The fourth-order valence-corrected chi connectivity index (χ4v) is 6.78. The van der Waals surface area contributed by atoms with E-state index in [9.17, 15) is 13.2 Å². The molecule has 0 aromatic heterocycles. The number of nitrogens with zero attached hydrogens (tertiary/aromatic N) is 2. The number of carbonyl (C=O) groups excluding carboxylic acids is 1. The van der Waals surface area contributed by atoms with Crippen LogP contribution in [-0.4, -0.2) is 55.9 Å². The van der Waals surface area contributed by atoms with E-state index >= 15 is 0 Å². The first-order chi connectivity index (χ1) is 15.3. The van der Waals surface area contributed by atoms with Gasteiger partial charge in [0.05, 0.1) is 5.75 Å². The molecule has 1 aromatic rings. The summed E-state index contributed by atoms with van der Waals surface area (Å²) in [5, 5.41) is 6.18. The second kappa shape index (κ2) is 9.61. The molecule has 2 fully saturated rings. The molecule has 0 bridgehead atoms. The van der Waals surface area contributed by atoms with Gasteiger partial charge in [-0.25, -0.2) is 12.7 Å². The van der Waals surface area contributed by atoms with E-state index in [2.05, 4.69) is 22.8 Å². The highest BCUT2D eigenvalue weighted by Crippen LogP contribution is 2.34. The molecular formula is C24H36N4O3S. The lowest BCUT2D eigenvalue weighted by molar-refractivity contribution is -0.125. The van der Waals surface area contributed by atoms with Crippen LogP contribution >= 0.6 is 0 Å². The maximum absolute atomic E-state index is 13.0. The molecule has 0 radical (unpaired) electrons. The number of amides is 1. The van der Waals surface area contributed by atoms with Crippen molar-refractivity contribution in [1.29, 1.82) is 0 Å². The van der Waals surface area contributed by atoms with E-state index in [1.165, 1.54) is 24.8 Å². The number of aliphatic imine (C=N–C) groups is 1. The topological polar surface area (TPSA) is 90.9 Å². The van der Waals surface area contributed by atoms with Crippen molar-refractivity contribution in [2.45, 2.75) is 70.4 Å². The van der Waals surface area contributed by atoms with Crippen molar-refractivity contribution in [2.24, 2.45) is 10.9 Å². The number of hydrogen-bond donors (Lipinski definition) is 2. The minimum Gasteiger partial charge on any atom is -0.316 e. The Bertz CT molecular complexity index is 975. The third-order valence-electron chi connectivity index (χ3n) is 7.35. The van der Waals surface area contributed by atoms with Gasteiger partial charge in [0.2, 0.25) is 10.0 Å². The first kappa shape index (κ1) is 23.4. The van der Waals surface area contributed by atoms with Gasteiger partial charge in [-0.05, 0) is 62.8 Å². The molecule has 32 heavy (non-hydrogen) atoms. The molecule has 7 nitrogen and oxygen atoms in total. The number of hydrogen-bond acceptors (Lipinski definition) is 5. The summed E-state index contributed by atoms with van der Waals surface area (Å²) in [6.45, 7) is 3.55. The molecule has 1 spiro atoms. The Labute approximate surface area is 192 Å². The van der Waals surface area contributed by atoms with Crippen LogP contribution < -0.4 is 10.6 Å². The standard InChI is InChI=1S/C24H36N4O3S/c1-18-16-19(17-25-2)8-9-20(18)10-15-32(30,31)28-13-11-24(12-14-28)23(29)26-22(27-24)21-6-4-3-5-7-21/h8-9,16,21,25H,3-7,10-15,17H2,1-2H3,(H,26,27,29). The highest BCUT2D eigenvalue weighted by Gasteiger charge is 2.48. The van der Waals surface area contributed by atoms with Crippen LogP contribution in [0.2, 0.25) is 0 Å². The molecule has 8 heteroatoms. The Kier molecular flexibility index (Phi) is 7.03. The van der Waals surface area contributed by atoms with E-state index in [4.69, 9.17) is 4.99 Å². The van der Waals surface area contributed by atoms with Gasteiger partial charge >= 0.3 is 0 Å². The zero-order chi connectivity index (χ0) is 22.8. The van der Waals surface area contributed by atoms with E-state index in [-0.39, 0.29) is 11.7 Å². The highest BCUT2D eigenvalue weighted by molar-refractivity contribution is 7.89. The summed E-state index contributed by atoms with van der Waals surface area (Å²) in [6, 6.07) is 6.20. The minimum absolute atomic E-state index is 0.0348. The summed E-state index contributed by atoms with van der Waals surface area (Å²) in [6.07, 6.45) is 7.25. The van der Waals surface area contributed by atoms with Crippen LogP contribution in [0.5, 0.6) is 0 Å². The van der Waals surface area contributed by atoms with Gasteiger partial charge in [-0.15, -0.1) is 0 Å². The van der Waals surface area contributed by atoms with Gasteiger partial charge < -0.3 is 10.6 Å². The third kappa shape index (κ3) is 4.92. The van der Waals surface area contributed by atoms with Crippen LogP contribution in [0.4, 0.5) is 0 Å². The smallest absolute Gasteiger partial charge is 0.253 e. The van der Waals surface area contributed by atoms with Gasteiger partial charge in [-0.2, -0.15) is 0 Å². The Morgan fingerprint density at radius 3 is 2.56 bits per heavy atom. The predicted octanol–water partition coefficient (Wildman–Crippen LogP) is 2.53. The molecule has 0 atom stereocenters. The molecule has 1 aromatic carbocycles. The lowest BCUT2D eigenvalue weighted by Gasteiger charge is -2.34. The van der Waals surface area contributed by atoms with Crippen molar-refractivity contribution in [3.63, 3.8) is 0 Å². The molecule has 1 saturated carbocycles. The summed E-state index contributed by atoms with van der Waals surface area (Å²) in [5.41, 5.74) is 2.62. The average molecular weight is 461 g/mol. The first-order valence-corrected chi connectivity index (χ1v) is 13.6. The number of sulfonamides is 1. The van der Waals surface area contributed by atoms with Gasteiger partial charge in [0.25, 0.3) is 5.91 Å². The number of nitrogens with one attached hydrogen (secondary N) is 2. The second-order valence-electron chi connectivity index (χ2n) is 9.57. The third-order valence-corrected chi connectivity index (χ3v) is 9.22. The molecule has 4 rings (SSSR count). The Morgan fingerprint density at radius 1 is 1.19 bits per heavy atom. The van der Waals surface area contributed by atoms with Gasteiger partial charge in [-0.1, -0.05) is 37.5 Å². The van der Waals surface area contributed by atoms with Crippen molar-refractivity contribution in [1.82, 2.24) is 14.9 Å². The number of aryl methyl sites for hydroxylation is 2. The van der Waals surface area contributed by atoms with Crippen molar-refractivity contribution >= 4 is 21.8 Å². The van der Waals surface area contributed by atoms with E-state index in [1.807, 2.05) is 20.0 Å². The molecule has 1 aliphatic carbocycles. The largest absolute Gasteiger partial charge is 0.316 e. The zero-order valence-corrected chi connectivity index (χ0v) is 20.1. The fraction of sp³-hybridized carbons (Fsp3) is 0.667. The summed E-state index contributed by atoms with van der Waals surface area (Å²) in [7, 11) is -1.46. The molecule has 176 valence electrons. The maximum Gasteiger partial charge on any atom is 0.253 e. The van der Waals surface area contributed by atoms with Crippen LogP contribution in [-0.2, 0) is 27.8 Å². The van der Waals surface area contributed by atoms with Crippen LogP contribution in [0.25, 0.3) is 0 Å². The summed E-state index contributed by atoms with van der Waals surface area (Å²) >= 11 is 0. The normalized spacial score (nSPS) is 22.2. The molecule has 2 heterocycles. The van der Waals surface area contributed by atoms with E-state index < -0.39 is 15.6 Å². The molecule has 2 N–H and O–H groups in total. The Hall–Kier alpha value is -1.77. The second-order valence-corrected chi connectivity index (χ2v) is 11.7. The lowest BCUT2D eigenvalue weighted by Crippen LogP contribution is -2.51. The minimum atomic E-state index is -3.38. The summed E-state index contributed by atoms with van der Waals surface area (Å²) < 4.78 is 27.6. The Balaban J connectivity index is 1.36. The predicted molar refractivity (Wildman–Crippen MR) is 127 cm³/mol. The van der Waals surface area contributed by atoms with E-state index in [1.54, 1.807) is 4.31 Å². The molecule has 0 unspecified atom stereocenters. The van der Waals surface area contributed by atoms with Crippen molar-refractivity contribution in [3.05, 3.63) is 34.9 Å². The van der Waals surface area contributed by atoms with Crippen LogP contribution in [0.1, 0.15) is 61.6 Å². The molecular weight excluding hydrogens is 424 g/mol. The van der Waals surface area contributed by atoms with Crippen LogP contribution in [0, 0.1) is 12.8 Å². The number of amidine groups is 1. The van der Waals surface area contributed by atoms with Crippen molar-refractivity contribution in [3.8, 4) is 0 Å². The van der Waals surface area contributed by atoms with Crippen LogP contribution in [0.15, 0.2) is 23.2 Å². The zero-order valence-electron chi connectivity index (χ0n) is 19.3. The van der Waals surface area contributed by atoms with Crippen molar-refractivity contribution in [2.75, 3.05) is 25.9 Å². The van der Waals surface area contributed by atoms with E-state index in [0.717, 1.165) is 36.3 Å². The number of piperidine rings is 1. The van der Waals surface area contributed by atoms with Gasteiger partial charge in [0.15, 0.2) is 0 Å². The molecule has 2 aliphatic heterocycles. The molecule has 1 amide bonds. The average Bonchev–Trinajstić information content (AvgIpc) is 3.10. The van der Waals surface area contributed by atoms with Crippen LogP contribution in [0.3, 0.4) is 0 Å². The quantitative estimate of drug-likeness (QED) is 0.654. The monoisotopic (exact) mass is 460 g/mol. The Morgan fingerprint density at radius 2 is 1.91 bits per heavy atom. The summed E-state index contributed by atoms with van der Waals surface area (Å²) in [4.78, 5) is 17.6. The summed E-state index contributed by atoms with van der Waals surface area (Å²) in [5.74, 6) is 1.27. The SMILES string of the molecule is CNCc1ccc(CCS(=O)(=O)N2CCC3(CC2)N=C(C2CCCCC2)NC3=O)c(C)c1. The van der Waals surface area contributed by atoms with Gasteiger partial charge in [-0.3, -0.25) is 9.79 Å². The van der Waals surface area contributed by atoms with Crippen molar-refractivity contribution < 1.29 is 13.2 Å². The number of benzene rings is 1. The van der Waals surface area contributed by atoms with Gasteiger partial charge in [0, 0.05) is 25.6 Å². The first-order valence-electron chi connectivity index (χ1n) is 11.9. The molecule has 3 aliphatic rings. The number of carbonyl (C=O) groups is 1. The maximum atomic E-state index is 13.0. The van der Waals surface area contributed by atoms with Gasteiger partial charge in [0.1, 0.15) is 11.4 Å². The lowest BCUT2D eigenvalue weighted by atomic mass is 9.88.